The summed E-state index contributed by atoms with van der Waals surface area (Å²) < 4.78 is 1.09. The van der Waals surface area contributed by atoms with Crippen LogP contribution in [0, 0.1) is 0 Å². The van der Waals surface area contributed by atoms with E-state index in [9.17, 15) is 4.79 Å². The Hall–Kier alpha value is -1.42. The second kappa shape index (κ2) is 5.48. The van der Waals surface area contributed by atoms with Crippen molar-refractivity contribution in [2.24, 2.45) is 0 Å². The Morgan fingerprint density at radius 2 is 2.11 bits per heavy atom. The van der Waals surface area contributed by atoms with Gasteiger partial charge in [0.15, 0.2) is 0 Å². The van der Waals surface area contributed by atoms with Crippen LogP contribution in [0.4, 0.5) is 0 Å². The van der Waals surface area contributed by atoms with Gasteiger partial charge in [0.25, 0.3) is 0 Å². The first-order valence-electron chi connectivity index (χ1n) is 6.25. The van der Waals surface area contributed by atoms with Crippen LogP contribution in [0.15, 0.2) is 18.2 Å². The molecule has 0 spiro atoms. The van der Waals surface area contributed by atoms with Crippen LogP contribution in [0.1, 0.15) is 43.2 Å². The summed E-state index contributed by atoms with van der Waals surface area (Å²) in [6, 6.07) is 5.73. The number of aromatic nitrogens is 1. The van der Waals surface area contributed by atoms with E-state index in [0.29, 0.717) is 5.92 Å². The fourth-order valence-corrected chi connectivity index (χ4v) is 3.38. The third-order valence-corrected chi connectivity index (χ3v) is 4.34. The summed E-state index contributed by atoms with van der Waals surface area (Å²) in [5, 5.41) is 9.97. The summed E-state index contributed by atoms with van der Waals surface area (Å²) >= 11 is 1.69. The number of hydrogen-bond acceptors (Lipinski definition) is 3. The summed E-state index contributed by atoms with van der Waals surface area (Å²) in [6.07, 6.45) is 2.27. The maximum absolute atomic E-state index is 10.7. The summed E-state index contributed by atoms with van der Waals surface area (Å²) in [5.41, 5.74) is 1.82. The minimum atomic E-state index is -0.793. The monoisotopic (exact) mass is 263 g/mol. The number of thiazole rings is 1. The quantitative estimate of drug-likeness (QED) is 0.892. The van der Waals surface area contributed by atoms with Gasteiger partial charge in [0, 0.05) is 5.92 Å². The lowest BCUT2D eigenvalue weighted by atomic mass is 10.1. The van der Waals surface area contributed by atoms with E-state index in [4.69, 9.17) is 5.11 Å². The molecule has 0 atom stereocenters. The zero-order valence-corrected chi connectivity index (χ0v) is 11.5. The highest BCUT2D eigenvalue weighted by Crippen LogP contribution is 2.31. The molecule has 18 heavy (non-hydrogen) atoms. The summed E-state index contributed by atoms with van der Waals surface area (Å²) in [6.45, 7) is 4.35. The molecule has 2 rings (SSSR count). The van der Waals surface area contributed by atoms with Gasteiger partial charge in [-0.2, -0.15) is 0 Å². The van der Waals surface area contributed by atoms with Crippen LogP contribution < -0.4 is 0 Å². The summed E-state index contributed by atoms with van der Waals surface area (Å²) in [7, 11) is 0. The van der Waals surface area contributed by atoms with Crippen LogP contribution in [0.3, 0.4) is 0 Å². The number of carboxylic acid groups (broad SMARTS) is 1. The van der Waals surface area contributed by atoms with E-state index in [1.165, 1.54) is 5.01 Å². The number of fused-ring (bicyclic) bond motifs is 1. The predicted octanol–water partition coefficient (Wildman–Crippen LogP) is 3.83. The highest BCUT2D eigenvalue weighted by atomic mass is 32.1. The fourth-order valence-electron chi connectivity index (χ4n) is 2.08. The van der Waals surface area contributed by atoms with Crippen molar-refractivity contribution in [2.75, 3.05) is 0 Å². The highest BCUT2D eigenvalue weighted by molar-refractivity contribution is 7.18. The first-order chi connectivity index (χ1) is 8.63. The standard InChI is InChI=1S/C14H17NO2S/c1-3-10(4-2)14-15-11-6-5-9(8-13(16)17)7-12(11)18-14/h5-7,10H,3-4,8H2,1-2H3,(H,16,17). The molecule has 1 N–H and O–H groups in total. The van der Waals surface area contributed by atoms with Gasteiger partial charge in [-0.05, 0) is 30.5 Å². The van der Waals surface area contributed by atoms with Gasteiger partial charge in [0.1, 0.15) is 0 Å². The fraction of sp³-hybridized carbons (Fsp3) is 0.429. The smallest absolute Gasteiger partial charge is 0.307 e. The first kappa shape index (κ1) is 13.0. The van der Waals surface area contributed by atoms with Gasteiger partial charge in [-0.1, -0.05) is 19.9 Å². The van der Waals surface area contributed by atoms with Crippen molar-refractivity contribution in [1.29, 1.82) is 0 Å². The molecule has 0 unspecified atom stereocenters. The van der Waals surface area contributed by atoms with Crippen LogP contribution in [0.2, 0.25) is 0 Å². The normalized spacial score (nSPS) is 11.3. The van der Waals surface area contributed by atoms with Crippen molar-refractivity contribution in [1.82, 2.24) is 4.98 Å². The van der Waals surface area contributed by atoms with Crippen LogP contribution >= 0.6 is 11.3 Å². The lowest BCUT2D eigenvalue weighted by molar-refractivity contribution is -0.136. The van der Waals surface area contributed by atoms with Crippen molar-refractivity contribution < 1.29 is 9.90 Å². The molecule has 0 bridgehead atoms. The minimum absolute atomic E-state index is 0.0775. The molecule has 0 saturated carbocycles. The highest BCUT2D eigenvalue weighted by Gasteiger charge is 2.13. The first-order valence-corrected chi connectivity index (χ1v) is 7.06. The third kappa shape index (κ3) is 2.70. The number of aliphatic carboxylic acids is 1. The molecule has 3 nitrogen and oxygen atoms in total. The maximum Gasteiger partial charge on any atom is 0.307 e. The number of benzene rings is 1. The molecule has 0 aliphatic heterocycles. The molecule has 4 heteroatoms. The van der Waals surface area contributed by atoms with Crippen molar-refractivity contribution >= 4 is 27.5 Å². The van der Waals surface area contributed by atoms with Crippen LogP contribution in [-0.2, 0) is 11.2 Å². The Labute approximate surface area is 110 Å². The molecule has 2 aromatic rings. The molecule has 0 saturated heterocycles. The molecular formula is C14H17NO2S. The van der Waals surface area contributed by atoms with E-state index in [-0.39, 0.29) is 6.42 Å². The van der Waals surface area contributed by atoms with E-state index >= 15 is 0 Å². The molecule has 0 fully saturated rings. The van der Waals surface area contributed by atoms with E-state index in [2.05, 4.69) is 18.8 Å². The van der Waals surface area contributed by atoms with Gasteiger partial charge in [-0.3, -0.25) is 4.79 Å². The lowest BCUT2D eigenvalue weighted by Gasteiger charge is -2.06. The van der Waals surface area contributed by atoms with Gasteiger partial charge in [-0.15, -0.1) is 11.3 Å². The van der Waals surface area contributed by atoms with Crippen LogP contribution in [0.5, 0.6) is 0 Å². The minimum Gasteiger partial charge on any atom is -0.481 e. The molecule has 0 aliphatic carbocycles. The Kier molecular flexibility index (Phi) is 3.97. The Morgan fingerprint density at radius 3 is 2.72 bits per heavy atom. The van der Waals surface area contributed by atoms with E-state index < -0.39 is 5.97 Å². The number of carboxylic acids is 1. The van der Waals surface area contributed by atoms with Gasteiger partial charge >= 0.3 is 5.97 Å². The SMILES string of the molecule is CCC(CC)c1nc2ccc(CC(=O)O)cc2s1. The topological polar surface area (TPSA) is 50.2 Å². The number of carbonyl (C=O) groups is 1. The van der Waals surface area contributed by atoms with Gasteiger partial charge in [-0.25, -0.2) is 4.98 Å². The Balaban J connectivity index is 2.36. The summed E-state index contributed by atoms with van der Waals surface area (Å²) in [4.78, 5) is 15.3. The second-order valence-corrected chi connectivity index (χ2v) is 5.50. The number of rotatable bonds is 5. The van der Waals surface area contributed by atoms with Gasteiger partial charge in [0.05, 0.1) is 21.6 Å². The maximum atomic E-state index is 10.7. The largest absolute Gasteiger partial charge is 0.481 e. The van der Waals surface area contributed by atoms with Gasteiger partial charge in [0.2, 0.25) is 0 Å². The lowest BCUT2D eigenvalue weighted by Crippen LogP contribution is -1.99. The van der Waals surface area contributed by atoms with E-state index in [1.807, 2.05) is 18.2 Å². The molecular weight excluding hydrogens is 246 g/mol. The Morgan fingerprint density at radius 1 is 1.39 bits per heavy atom. The van der Waals surface area contributed by atoms with Crippen molar-refractivity contribution in [3.05, 3.63) is 28.8 Å². The molecule has 1 aromatic heterocycles. The zero-order chi connectivity index (χ0) is 13.1. The molecule has 0 radical (unpaired) electrons. The zero-order valence-electron chi connectivity index (χ0n) is 10.6. The van der Waals surface area contributed by atoms with Crippen LogP contribution in [-0.4, -0.2) is 16.1 Å². The molecule has 1 heterocycles. The Bertz CT molecular complexity index is 558. The van der Waals surface area contributed by atoms with E-state index in [0.717, 1.165) is 28.6 Å². The average molecular weight is 263 g/mol. The third-order valence-electron chi connectivity index (χ3n) is 3.16. The second-order valence-electron chi connectivity index (χ2n) is 4.44. The van der Waals surface area contributed by atoms with Gasteiger partial charge < -0.3 is 5.11 Å². The molecule has 0 amide bonds. The predicted molar refractivity (Wildman–Crippen MR) is 74.3 cm³/mol. The molecule has 96 valence electrons. The van der Waals surface area contributed by atoms with E-state index in [1.54, 1.807) is 11.3 Å². The molecule has 0 aliphatic rings. The molecule has 1 aromatic carbocycles. The van der Waals surface area contributed by atoms with Crippen molar-refractivity contribution in [3.8, 4) is 0 Å². The number of nitrogens with zero attached hydrogens (tertiary/aromatic N) is 1. The summed E-state index contributed by atoms with van der Waals surface area (Å²) in [5.74, 6) is -0.274. The average Bonchev–Trinajstić information content (AvgIpc) is 2.72. The van der Waals surface area contributed by atoms with Crippen molar-refractivity contribution in [3.63, 3.8) is 0 Å². The van der Waals surface area contributed by atoms with Crippen molar-refractivity contribution in [2.45, 2.75) is 39.0 Å². The number of hydrogen-bond donors (Lipinski definition) is 1. The van der Waals surface area contributed by atoms with Crippen LogP contribution in [0.25, 0.3) is 10.2 Å².